The van der Waals surface area contributed by atoms with Gasteiger partial charge in [0.1, 0.15) is 23.9 Å². The molecule has 40 heavy (non-hydrogen) atoms. The molecule has 10 nitrogen and oxygen atoms in total. The van der Waals surface area contributed by atoms with Crippen LogP contribution in [0.1, 0.15) is 37.7 Å². The van der Waals surface area contributed by atoms with Crippen molar-refractivity contribution in [1.29, 1.82) is 0 Å². The third-order valence-electron chi connectivity index (χ3n) is 6.26. The average molecular weight is 548 g/mol. The Morgan fingerprint density at radius 1 is 0.775 bits per heavy atom. The molecule has 2 aromatic carbocycles. The molecule has 3 aromatic rings. The van der Waals surface area contributed by atoms with Crippen LogP contribution >= 0.6 is 0 Å². The Bertz CT molecular complexity index is 1260. The van der Waals surface area contributed by atoms with E-state index in [1.165, 1.54) is 7.11 Å². The fourth-order valence-corrected chi connectivity index (χ4v) is 3.98. The molecule has 0 radical (unpaired) electrons. The smallest absolute Gasteiger partial charge is 0.328 e. The van der Waals surface area contributed by atoms with E-state index < -0.39 is 41.3 Å². The Kier molecular flexibility index (Phi) is 10.6. The normalized spacial score (nSPS) is 13.4. The van der Waals surface area contributed by atoms with E-state index in [-0.39, 0.29) is 25.2 Å². The summed E-state index contributed by atoms with van der Waals surface area (Å²) in [5.74, 6) is -1.53. The first kappa shape index (κ1) is 30.1. The van der Waals surface area contributed by atoms with Gasteiger partial charge in [-0.15, -0.1) is 0 Å². The standard InChI is InChI=1S/C30H37N5O5/c1-30(2,3)29(39)35-23(18-21-13-9-6-10-14-21)27(37)33-22(17-20-11-7-5-8-12-20)26(36)34-24(28(38)40-4)19-25-31-15-16-32-25/h5-16,22-24H,17-19H2,1-4H3,(H,31,32)(H,33,37)(H,34,36)(H,35,39)/t22-,23-,24-/m0/s1. The van der Waals surface area contributed by atoms with E-state index in [0.29, 0.717) is 5.82 Å². The zero-order valence-corrected chi connectivity index (χ0v) is 23.3. The molecule has 0 fully saturated rings. The number of imidazole rings is 1. The van der Waals surface area contributed by atoms with Crippen molar-refractivity contribution in [3.05, 3.63) is 90.0 Å². The SMILES string of the molecule is COC(=O)[C@H](Cc1ncc[nH]1)NC(=O)[C@H](Cc1ccccc1)NC(=O)[C@H](Cc1ccccc1)NC(=O)C(C)(C)C. The molecule has 3 amide bonds. The maximum Gasteiger partial charge on any atom is 0.328 e. The van der Waals surface area contributed by atoms with Crippen LogP contribution in [0.2, 0.25) is 0 Å². The number of rotatable bonds is 12. The Balaban J connectivity index is 1.85. The monoisotopic (exact) mass is 547 g/mol. The number of esters is 1. The van der Waals surface area contributed by atoms with Gasteiger partial charge in [-0.05, 0) is 11.1 Å². The highest BCUT2D eigenvalue weighted by atomic mass is 16.5. The zero-order chi connectivity index (χ0) is 29.1. The summed E-state index contributed by atoms with van der Waals surface area (Å²) >= 11 is 0. The van der Waals surface area contributed by atoms with Gasteiger partial charge in [-0.3, -0.25) is 14.4 Å². The van der Waals surface area contributed by atoms with Crippen molar-refractivity contribution >= 4 is 23.7 Å². The van der Waals surface area contributed by atoms with Crippen LogP contribution in [0, 0.1) is 5.41 Å². The number of benzene rings is 2. The van der Waals surface area contributed by atoms with Crippen LogP contribution in [0.3, 0.4) is 0 Å². The molecule has 0 saturated heterocycles. The highest BCUT2D eigenvalue weighted by Crippen LogP contribution is 2.14. The molecule has 0 unspecified atom stereocenters. The molecule has 0 aliphatic carbocycles. The number of carbonyl (C=O) groups is 4. The molecule has 0 aliphatic heterocycles. The van der Waals surface area contributed by atoms with Crippen LogP contribution in [0.4, 0.5) is 0 Å². The van der Waals surface area contributed by atoms with Crippen molar-refractivity contribution in [2.75, 3.05) is 7.11 Å². The molecule has 0 saturated carbocycles. The molecule has 0 bridgehead atoms. The summed E-state index contributed by atoms with van der Waals surface area (Å²) in [6, 6.07) is 15.5. The summed E-state index contributed by atoms with van der Waals surface area (Å²) in [7, 11) is 1.24. The first-order chi connectivity index (χ1) is 19.1. The average Bonchev–Trinajstić information content (AvgIpc) is 3.45. The number of amides is 3. The number of methoxy groups -OCH3 is 1. The van der Waals surface area contributed by atoms with E-state index in [1.807, 2.05) is 60.7 Å². The van der Waals surface area contributed by atoms with E-state index in [1.54, 1.807) is 33.2 Å². The molecular formula is C30H37N5O5. The van der Waals surface area contributed by atoms with Gasteiger partial charge in [-0.1, -0.05) is 81.4 Å². The third kappa shape index (κ3) is 9.07. The fraction of sp³-hybridized carbons (Fsp3) is 0.367. The maximum atomic E-state index is 13.6. The maximum absolute atomic E-state index is 13.6. The van der Waals surface area contributed by atoms with E-state index in [2.05, 4.69) is 25.9 Å². The zero-order valence-electron chi connectivity index (χ0n) is 23.3. The van der Waals surface area contributed by atoms with E-state index >= 15 is 0 Å². The minimum Gasteiger partial charge on any atom is -0.467 e. The van der Waals surface area contributed by atoms with Gasteiger partial charge in [0, 0.05) is 37.1 Å². The Hall–Kier alpha value is -4.47. The minimum atomic E-state index is -1.04. The summed E-state index contributed by atoms with van der Waals surface area (Å²) < 4.78 is 4.89. The molecule has 3 rings (SSSR count). The van der Waals surface area contributed by atoms with Crippen LogP contribution in [0.5, 0.6) is 0 Å². The number of hydrogen-bond acceptors (Lipinski definition) is 6. The van der Waals surface area contributed by atoms with Gasteiger partial charge in [-0.25, -0.2) is 9.78 Å². The van der Waals surface area contributed by atoms with Gasteiger partial charge in [0.15, 0.2) is 0 Å². The quantitative estimate of drug-likeness (QED) is 0.256. The highest BCUT2D eigenvalue weighted by molar-refractivity contribution is 5.94. The molecular weight excluding hydrogens is 510 g/mol. The Labute approximate surface area is 234 Å². The fourth-order valence-electron chi connectivity index (χ4n) is 3.98. The molecule has 4 N–H and O–H groups in total. The number of aromatic amines is 1. The molecule has 0 aliphatic rings. The first-order valence-corrected chi connectivity index (χ1v) is 13.1. The van der Waals surface area contributed by atoms with Crippen LogP contribution in [-0.4, -0.2) is 58.9 Å². The number of nitrogens with one attached hydrogen (secondary N) is 4. The van der Waals surface area contributed by atoms with Crippen LogP contribution < -0.4 is 16.0 Å². The lowest BCUT2D eigenvalue weighted by atomic mass is 9.94. The number of aromatic nitrogens is 2. The Morgan fingerprint density at radius 2 is 1.27 bits per heavy atom. The Morgan fingerprint density at radius 3 is 1.73 bits per heavy atom. The van der Waals surface area contributed by atoms with Gasteiger partial charge in [0.2, 0.25) is 17.7 Å². The second-order valence-corrected chi connectivity index (χ2v) is 10.5. The molecule has 1 aromatic heterocycles. The molecule has 0 spiro atoms. The highest BCUT2D eigenvalue weighted by Gasteiger charge is 2.32. The van der Waals surface area contributed by atoms with Crippen molar-refractivity contribution in [3.63, 3.8) is 0 Å². The number of H-pyrrole nitrogens is 1. The number of carbonyl (C=O) groups excluding carboxylic acids is 4. The summed E-state index contributed by atoms with van der Waals surface area (Å²) in [4.78, 5) is 59.6. The summed E-state index contributed by atoms with van der Waals surface area (Å²) in [6.07, 6.45) is 3.64. The van der Waals surface area contributed by atoms with Gasteiger partial charge in [-0.2, -0.15) is 0 Å². The van der Waals surface area contributed by atoms with Crippen LogP contribution in [-0.2, 0) is 43.2 Å². The summed E-state index contributed by atoms with van der Waals surface area (Å²) in [5.41, 5.74) is 0.933. The lowest BCUT2D eigenvalue weighted by Gasteiger charge is -2.27. The van der Waals surface area contributed by atoms with Crippen molar-refractivity contribution < 1.29 is 23.9 Å². The summed E-state index contributed by atoms with van der Waals surface area (Å²) in [5, 5.41) is 8.37. The number of nitrogens with zero attached hydrogens (tertiary/aromatic N) is 1. The van der Waals surface area contributed by atoms with Crippen LogP contribution in [0.15, 0.2) is 73.1 Å². The lowest BCUT2D eigenvalue weighted by molar-refractivity contribution is -0.145. The molecule has 3 atom stereocenters. The van der Waals surface area contributed by atoms with Crippen molar-refractivity contribution in [1.82, 2.24) is 25.9 Å². The first-order valence-electron chi connectivity index (χ1n) is 13.1. The van der Waals surface area contributed by atoms with Crippen LogP contribution in [0.25, 0.3) is 0 Å². The molecule has 10 heteroatoms. The van der Waals surface area contributed by atoms with Crippen molar-refractivity contribution in [2.45, 2.75) is 58.2 Å². The predicted molar refractivity (Wildman–Crippen MR) is 150 cm³/mol. The topological polar surface area (TPSA) is 142 Å². The second kappa shape index (κ2) is 14.1. The van der Waals surface area contributed by atoms with Gasteiger partial charge >= 0.3 is 5.97 Å². The number of hydrogen-bond donors (Lipinski definition) is 4. The van der Waals surface area contributed by atoms with Gasteiger partial charge in [0.05, 0.1) is 7.11 Å². The minimum absolute atomic E-state index is 0.0791. The third-order valence-corrected chi connectivity index (χ3v) is 6.26. The lowest BCUT2D eigenvalue weighted by Crippen LogP contribution is -2.58. The van der Waals surface area contributed by atoms with Crippen molar-refractivity contribution in [2.24, 2.45) is 5.41 Å². The number of ether oxygens (including phenoxy) is 1. The molecule has 212 valence electrons. The van der Waals surface area contributed by atoms with Crippen molar-refractivity contribution in [3.8, 4) is 0 Å². The largest absolute Gasteiger partial charge is 0.467 e. The van der Waals surface area contributed by atoms with E-state index in [0.717, 1.165) is 11.1 Å². The van der Waals surface area contributed by atoms with Gasteiger partial charge < -0.3 is 25.7 Å². The second-order valence-electron chi connectivity index (χ2n) is 10.5. The van der Waals surface area contributed by atoms with Gasteiger partial charge in [0.25, 0.3) is 0 Å². The summed E-state index contributed by atoms with van der Waals surface area (Å²) in [6.45, 7) is 5.28. The predicted octanol–water partition coefficient (Wildman–Crippen LogP) is 2.11. The molecule has 1 heterocycles. The van der Waals surface area contributed by atoms with E-state index in [9.17, 15) is 19.2 Å². The van der Waals surface area contributed by atoms with E-state index in [4.69, 9.17) is 4.74 Å².